The van der Waals surface area contributed by atoms with Crippen LogP contribution in [0.15, 0.2) is 24.3 Å². The molecule has 20 heavy (non-hydrogen) atoms. The van der Waals surface area contributed by atoms with Crippen molar-refractivity contribution in [3.8, 4) is 0 Å². The molecule has 2 nitrogen and oxygen atoms in total. The highest BCUT2D eigenvalue weighted by Crippen LogP contribution is 2.40. The molecule has 2 unspecified atom stereocenters. The fourth-order valence-electron chi connectivity index (χ4n) is 4.15. The summed E-state index contributed by atoms with van der Waals surface area (Å²) < 4.78 is 0. The number of hydrogen-bond donors (Lipinski definition) is 1. The quantitative estimate of drug-likeness (QED) is 0.908. The van der Waals surface area contributed by atoms with Gasteiger partial charge in [-0.25, -0.2) is 0 Å². The van der Waals surface area contributed by atoms with E-state index in [0.29, 0.717) is 0 Å². The molecule has 1 heterocycles. The van der Waals surface area contributed by atoms with Gasteiger partial charge in [-0.2, -0.15) is 0 Å². The van der Waals surface area contributed by atoms with Gasteiger partial charge in [0, 0.05) is 37.1 Å². The van der Waals surface area contributed by atoms with Crippen molar-refractivity contribution < 1.29 is 0 Å². The van der Waals surface area contributed by atoms with Gasteiger partial charge in [-0.05, 0) is 50.2 Å². The number of piperazine rings is 1. The van der Waals surface area contributed by atoms with E-state index in [9.17, 15) is 0 Å². The van der Waals surface area contributed by atoms with Crippen molar-refractivity contribution in [2.75, 3.05) is 19.6 Å². The molecule has 3 aliphatic rings. The summed E-state index contributed by atoms with van der Waals surface area (Å²) >= 11 is 0. The Balaban J connectivity index is 1.48. The van der Waals surface area contributed by atoms with E-state index in [0.717, 1.165) is 17.9 Å². The Morgan fingerprint density at radius 2 is 2.05 bits per heavy atom. The monoisotopic (exact) mass is 270 g/mol. The van der Waals surface area contributed by atoms with Crippen LogP contribution < -0.4 is 5.32 Å². The van der Waals surface area contributed by atoms with Gasteiger partial charge in [0.2, 0.25) is 0 Å². The van der Waals surface area contributed by atoms with Crippen LogP contribution in [-0.2, 0) is 6.42 Å². The number of fused-ring (bicyclic) bond motifs is 1. The van der Waals surface area contributed by atoms with E-state index in [1.807, 2.05) is 0 Å². The lowest BCUT2D eigenvalue weighted by Crippen LogP contribution is -2.63. The highest BCUT2D eigenvalue weighted by Gasteiger charge is 2.42. The van der Waals surface area contributed by atoms with Crippen LogP contribution in [0, 0.1) is 5.92 Å². The topological polar surface area (TPSA) is 15.3 Å². The van der Waals surface area contributed by atoms with E-state index in [2.05, 4.69) is 48.3 Å². The van der Waals surface area contributed by atoms with Crippen LogP contribution >= 0.6 is 0 Å². The van der Waals surface area contributed by atoms with E-state index < -0.39 is 0 Å². The van der Waals surface area contributed by atoms with E-state index in [1.165, 1.54) is 38.9 Å². The molecular weight excluding hydrogens is 244 g/mol. The third-order valence-electron chi connectivity index (χ3n) is 5.44. The highest BCUT2D eigenvalue weighted by molar-refractivity contribution is 5.40. The lowest BCUT2D eigenvalue weighted by molar-refractivity contribution is 0.0743. The Hall–Kier alpha value is -0.860. The van der Waals surface area contributed by atoms with E-state index in [1.54, 1.807) is 11.1 Å². The number of nitrogens with one attached hydrogen (secondary N) is 1. The number of benzene rings is 1. The molecule has 4 rings (SSSR count). The average Bonchev–Trinajstić information content (AvgIpc) is 3.19. The minimum atomic E-state index is 0.272. The Kier molecular flexibility index (Phi) is 2.94. The zero-order valence-corrected chi connectivity index (χ0v) is 12.7. The number of hydrogen-bond acceptors (Lipinski definition) is 2. The first-order valence-electron chi connectivity index (χ1n) is 8.19. The van der Waals surface area contributed by atoms with Crippen molar-refractivity contribution >= 4 is 0 Å². The third-order valence-corrected chi connectivity index (χ3v) is 5.44. The summed E-state index contributed by atoms with van der Waals surface area (Å²) in [6, 6.07) is 9.80. The highest BCUT2D eigenvalue weighted by atomic mass is 15.3. The standard InChI is InChI=1S/C18H26N2/c1-18(2)12-20(17(10-19-18)13-7-8-13)11-15-9-14-5-3-4-6-16(14)15/h3-6,13,15,17,19H,7-12H2,1-2H3. The van der Waals surface area contributed by atoms with Gasteiger partial charge >= 0.3 is 0 Å². The summed E-state index contributed by atoms with van der Waals surface area (Å²) in [5.74, 6) is 1.75. The number of rotatable bonds is 3. The summed E-state index contributed by atoms with van der Waals surface area (Å²) in [4.78, 5) is 2.80. The fourth-order valence-corrected chi connectivity index (χ4v) is 4.15. The van der Waals surface area contributed by atoms with Crippen LogP contribution in [0.1, 0.15) is 43.7 Å². The molecule has 2 fully saturated rings. The summed E-state index contributed by atoms with van der Waals surface area (Å²) in [7, 11) is 0. The molecule has 2 atom stereocenters. The van der Waals surface area contributed by atoms with Crippen molar-refractivity contribution in [1.82, 2.24) is 10.2 Å². The maximum Gasteiger partial charge on any atom is 0.0252 e. The van der Waals surface area contributed by atoms with E-state index in [-0.39, 0.29) is 5.54 Å². The molecule has 0 spiro atoms. The summed E-state index contributed by atoms with van der Waals surface area (Å²) in [5.41, 5.74) is 3.46. The molecule has 2 heteroatoms. The third kappa shape index (κ3) is 2.29. The molecular formula is C18H26N2. The van der Waals surface area contributed by atoms with Crippen molar-refractivity contribution in [3.63, 3.8) is 0 Å². The molecule has 0 aromatic heterocycles. The zero-order valence-electron chi connectivity index (χ0n) is 12.7. The normalized spacial score (nSPS) is 32.5. The second-order valence-electron chi connectivity index (χ2n) is 7.70. The number of nitrogens with zero attached hydrogens (tertiary/aromatic N) is 1. The summed E-state index contributed by atoms with van der Waals surface area (Å²) in [6.45, 7) is 8.35. The molecule has 0 radical (unpaired) electrons. The molecule has 1 saturated carbocycles. The second-order valence-corrected chi connectivity index (χ2v) is 7.70. The molecule has 1 saturated heterocycles. The Morgan fingerprint density at radius 1 is 1.25 bits per heavy atom. The van der Waals surface area contributed by atoms with Gasteiger partial charge in [0.1, 0.15) is 0 Å². The average molecular weight is 270 g/mol. The predicted octanol–water partition coefficient (Wildman–Crippen LogP) is 2.79. The predicted molar refractivity (Wildman–Crippen MR) is 83.1 cm³/mol. The first kappa shape index (κ1) is 12.8. The van der Waals surface area contributed by atoms with E-state index >= 15 is 0 Å². The van der Waals surface area contributed by atoms with Crippen molar-refractivity contribution in [1.29, 1.82) is 0 Å². The zero-order chi connectivity index (χ0) is 13.7. The molecule has 1 N–H and O–H groups in total. The molecule has 1 aromatic carbocycles. The lowest BCUT2D eigenvalue weighted by atomic mass is 9.77. The minimum Gasteiger partial charge on any atom is -0.309 e. The molecule has 0 bridgehead atoms. The van der Waals surface area contributed by atoms with Crippen LogP contribution in [0.25, 0.3) is 0 Å². The van der Waals surface area contributed by atoms with Gasteiger partial charge in [0.15, 0.2) is 0 Å². The molecule has 1 aromatic rings. The maximum absolute atomic E-state index is 3.75. The maximum atomic E-state index is 3.75. The van der Waals surface area contributed by atoms with Gasteiger partial charge in [-0.1, -0.05) is 24.3 Å². The Morgan fingerprint density at radius 3 is 2.80 bits per heavy atom. The van der Waals surface area contributed by atoms with Crippen molar-refractivity contribution in [2.24, 2.45) is 5.92 Å². The Bertz CT molecular complexity index is 504. The smallest absolute Gasteiger partial charge is 0.0252 e. The fraction of sp³-hybridized carbons (Fsp3) is 0.667. The van der Waals surface area contributed by atoms with Crippen molar-refractivity contribution in [2.45, 2.75) is 50.6 Å². The molecule has 108 valence electrons. The minimum absolute atomic E-state index is 0.272. The molecule has 1 aliphatic heterocycles. The largest absolute Gasteiger partial charge is 0.309 e. The van der Waals surface area contributed by atoms with Crippen LogP contribution in [0.3, 0.4) is 0 Å². The molecule has 0 amide bonds. The first-order valence-corrected chi connectivity index (χ1v) is 8.19. The first-order chi connectivity index (χ1) is 9.62. The van der Waals surface area contributed by atoms with Gasteiger partial charge < -0.3 is 5.32 Å². The van der Waals surface area contributed by atoms with Crippen molar-refractivity contribution in [3.05, 3.63) is 35.4 Å². The molecule has 2 aliphatic carbocycles. The summed E-state index contributed by atoms with van der Waals surface area (Å²) in [6.07, 6.45) is 4.19. The van der Waals surface area contributed by atoms with Crippen LogP contribution in [0.4, 0.5) is 0 Å². The Labute approximate surface area is 122 Å². The van der Waals surface area contributed by atoms with Crippen LogP contribution in [0.5, 0.6) is 0 Å². The van der Waals surface area contributed by atoms with Gasteiger partial charge in [0.25, 0.3) is 0 Å². The second kappa shape index (κ2) is 4.57. The summed E-state index contributed by atoms with van der Waals surface area (Å²) in [5, 5.41) is 3.75. The van der Waals surface area contributed by atoms with E-state index in [4.69, 9.17) is 0 Å². The van der Waals surface area contributed by atoms with Crippen LogP contribution in [0.2, 0.25) is 0 Å². The SMILES string of the molecule is CC1(C)CN(CC2Cc3ccccc32)C(C2CC2)CN1. The van der Waals surface area contributed by atoms with Gasteiger partial charge in [-0.3, -0.25) is 4.90 Å². The van der Waals surface area contributed by atoms with Gasteiger partial charge in [-0.15, -0.1) is 0 Å². The van der Waals surface area contributed by atoms with Crippen LogP contribution in [-0.4, -0.2) is 36.1 Å². The lowest BCUT2D eigenvalue weighted by Gasteiger charge is -2.47. The van der Waals surface area contributed by atoms with Gasteiger partial charge in [0.05, 0.1) is 0 Å².